The van der Waals surface area contributed by atoms with Gasteiger partial charge in [0.1, 0.15) is 0 Å². The van der Waals surface area contributed by atoms with Gasteiger partial charge in [-0.15, -0.1) is 0 Å². The maximum absolute atomic E-state index is 10.9. The number of carbonyl (C=O) groups is 1. The van der Waals surface area contributed by atoms with E-state index in [9.17, 15) is 4.79 Å². The molecule has 0 aromatic heterocycles. The minimum absolute atomic E-state index is 0.0826. The van der Waals surface area contributed by atoms with Gasteiger partial charge >= 0.3 is 0 Å². The third-order valence-corrected chi connectivity index (χ3v) is 2.60. The first-order chi connectivity index (χ1) is 6.09. The molecule has 0 bridgehead atoms. The van der Waals surface area contributed by atoms with E-state index < -0.39 is 0 Å². The molecular formula is C10H20N2O. The van der Waals surface area contributed by atoms with Crippen LogP contribution in [0.15, 0.2) is 0 Å². The van der Waals surface area contributed by atoms with Crippen molar-refractivity contribution in [2.75, 3.05) is 19.6 Å². The second-order valence-corrected chi connectivity index (χ2v) is 4.21. The molecule has 1 rings (SSSR count). The van der Waals surface area contributed by atoms with E-state index in [1.807, 2.05) is 0 Å². The van der Waals surface area contributed by atoms with E-state index in [1.165, 1.54) is 19.5 Å². The summed E-state index contributed by atoms with van der Waals surface area (Å²) in [5.74, 6) is 0.601. The molecule has 1 aliphatic rings. The molecule has 0 aromatic carbocycles. The maximum Gasteiger partial charge on any atom is 0.217 e. The zero-order valence-corrected chi connectivity index (χ0v) is 8.84. The highest BCUT2D eigenvalue weighted by Gasteiger charge is 2.21. The van der Waals surface area contributed by atoms with Crippen molar-refractivity contribution in [2.45, 2.75) is 33.2 Å². The van der Waals surface area contributed by atoms with Gasteiger partial charge in [-0.2, -0.15) is 0 Å². The molecule has 3 nitrogen and oxygen atoms in total. The summed E-state index contributed by atoms with van der Waals surface area (Å²) >= 11 is 0. The molecule has 0 unspecified atom stereocenters. The van der Waals surface area contributed by atoms with Crippen LogP contribution in [0.4, 0.5) is 0 Å². The van der Waals surface area contributed by atoms with E-state index in [2.05, 4.69) is 24.1 Å². The lowest BCUT2D eigenvalue weighted by Gasteiger charge is -2.35. The van der Waals surface area contributed by atoms with Crippen LogP contribution in [0.3, 0.4) is 0 Å². The summed E-state index contributed by atoms with van der Waals surface area (Å²) < 4.78 is 0. The van der Waals surface area contributed by atoms with E-state index in [1.54, 1.807) is 6.92 Å². The Hall–Kier alpha value is -0.570. The van der Waals surface area contributed by atoms with Crippen molar-refractivity contribution in [1.82, 2.24) is 10.2 Å². The van der Waals surface area contributed by atoms with Crippen molar-refractivity contribution >= 4 is 5.91 Å². The predicted octanol–water partition coefficient (Wildman–Crippen LogP) is 0.853. The van der Waals surface area contributed by atoms with Gasteiger partial charge in [-0.25, -0.2) is 0 Å². The van der Waals surface area contributed by atoms with Gasteiger partial charge in [-0.05, 0) is 25.4 Å². The molecule has 0 spiro atoms. The number of amides is 1. The Morgan fingerprint density at radius 2 is 2.08 bits per heavy atom. The monoisotopic (exact) mass is 184 g/mol. The summed E-state index contributed by atoms with van der Waals surface area (Å²) in [5.41, 5.74) is 0. The van der Waals surface area contributed by atoms with Gasteiger partial charge < -0.3 is 10.2 Å². The second-order valence-electron chi connectivity index (χ2n) is 4.21. The molecule has 0 aromatic rings. The lowest BCUT2D eigenvalue weighted by atomic mass is 10.0. The first-order valence-electron chi connectivity index (χ1n) is 5.09. The van der Waals surface area contributed by atoms with Crippen molar-refractivity contribution in [3.63, 3.8) is 0 Å². The van der Waals surface area contributed by atoms with E-state index in [0.29, 0.717) is 12.0 Å². The third kappa shape index (κ3) is 3.35. The van der Waals surface area contributed by atoms with Gasteiger partial charge in [0.05, 0.1) is 0 Å². The first-order valence-corrected chi connectivity index (χ1v) is 5.09. The van der Waals surface area contributed by atoms with Gasteiger partial charge in [0.2, 0.25) is 5.91 Å². The number of hydrogen-bond donors (Lipinski definition) is 1. The molecule has 1 heterocycles. The molecule has 1 atom stereocenters. The topological polar surface area (TPSA) is 32.3 Å². The summed E-state index contributed by atoms with van der Waals surface area (Å²) in [4.78, 5) is 13.3. The fourth-order valence-corrected chi connectivity index (χ4v) is 1.53. The van der Waals surface area contributed by atoms with Crippen molar-refractivity contribution < 1.29 is 4.79 Å². The number of hydrogen-bond acceptors (Lipinski definition) is 2. The van der Waals surface area contributed by atoms with Crippen LogP contribution < -0.4 is 5.32 Å². The average molecular weight is 184 g/mol. The maximum atomic E-state index is 10.9. The molecule has 0 radical (unpaired) electrons. The number of nitrogens with zero attached hydrogens (tertiary/aromatic N) is 1. The highest BCUT2D eigenvalue weighted by molar-refractivity contribution is 5.73. The van der Waals surface area contributed by atoms with E-state index in [-0.39, 0.29) is 5.91 Å². The van der Waals surface area contributed by atoms with Gasteiger partial charge in [0, 0.05) is 19.5 Å². The Morgan fingerprint density at radius 1 is 1.46 bits per heavy atom. The van der Waals surface area contributed by atoms with Crippen LogP contribution in [0.2, 0.25) is 0 Å². The van der Waals surface area contributed by atoms with Crippen molar-refractivity contribution in [3.05, 3.63) is 0 Å². The van der Waals surface area contributed by atoms with Crippen LogP contribution in [-0.2, 0) is 4.79 Å². The minimum Gasteiger partial charge on any atom is -0.352 e. The molecule has 0 saturated carbocycles. The molecule has 1 aliphatic heterocycles. The molecular weight excluding hydrogens is 164 g/mol. The largest absolute Gasteiger partial charge is 0.352 e. The molecule has 3 heteroatoms. The van der Waals surface area contributed by atoms with Crippen LogP contribution in [0, 0.1) is 5.92 Å². The highest BCUT2D eigenvalue weighted by Crippen LogP contribution is 2.10. The molecule has 13 heavy (non-hydrogen) atoms. The Labute approximate surface area is 80.5 Å². The lowest BCUT2D eigenvalue weighted by molar-refractivity contribution is -0.120. The Kier molecular flexibility index (Phi) is 3.72. The molecule has 1 saturated heterocycles. The van der Waals surface area contributed by atoms with Gasteiger partial charge in [0.25, 0.3) is 0 Å². The predicted molar refractivity (Wildman–Crippen MR) is 53.5 cm³/mol. The second kappa shape index (κ2) is 4.61. The summed E-state index contributed by atoms with van der Waals surface area (Å²) in [7, 11) is 0. The van der Waals surface area contributed by atoms with Crippen LogP contribution in [0.25, 0.3) is 0 Å². The Bertz CT molecular complexity index is 176. The van der Waals surface area contributed by atoms with Gasteiger partial charge in [0.15, 0.2) is 0 Å². The average Bonchev–Trinajstić information content (AvgIpc) is 1.92. The summed E-state index contributed by atoms with van der Waals surface area (Å²) in [6.07, 6.45) is 1.31. The number of nitrogens with one attached hydrogen (secondary N) is 1. The Balaban J connectivity index is 2.32. The SMILES string of the molecule is CC(=O)N[C@@H](CN1CCC1)C(C)C. The third-order valence-electron chi connectivity index (χ3n) is 2.60. The van der Waals surface area contributed by atoms with Gasteiger partial charge in [-0.1, -0.05) is 13.8 Å². The minimum atomic E-state index is 0.0826. The van der Waals surface area contributed by atoms with Gasteiger partial charge in [-0.3, -0.25) is 4.79 Å². The van der Waals surface area contributed by atoms with Crippen LogP contribution in [-0.4, -0.2) is 36.5 Å². The van der Waals surface area contributed by atoms with Crippen LogP contribution in [0.5, 0.6) is 0 Å². The van der Waals surface area contributed by atoms with E-state index in [0.717, 1.165) is 6.54 Å². The molecule has 0 aliphatic carbocycles. The summed E-state index contributed by atoms with van der Waals surface area (Å²) in [6, 6.07) is 0.317. The molecule has 1 amide bonds. The van der Waals surface area contributed by atoms with Crippen molar-refractivity contribution in [3.8, 4) is 0 Å². The quantitative estimate of drug-likeness (QED) is 0.702. The highest BCUT2D eigenvalue weighted by atomic mass is 16.1. The summed E-state index contributed by atoms with van der Waals surface area (Å²) in [6.45, 7) is 9.30. The number of rotatable bonds is 4. The van der Waals surface area contributed by atoms with E-state index >= 15 is 0 Å². The molecule has 1 N–H and O–H groups in total. The molecule has 1 fully saturated rings. The zero-order chi connectivity index (χ0) is 9.84. The zero-order valence-electron chi connectivity index (χ0n) is 8.84. The van der Waals surface area contributed by atoms with Crippen LogP contribution >= 0.6 is 0 Å². The van der Waals surface area contributed by atoms with Crippen molar-refractivity contribution in [2.24, 2.45) is 5.92 Å². The standard InChI is InChI=1S/C10H20N2O/c1-8(2)10(11-9(3)13)7-12-5-4-6-12/h8,10H,4-7H2,1-3H3,(H,11,13)/t10-/m0/s1. The van der Waals surface area contributed by atoms with Crippen molar-refractivity contribution in [1.29, 1.82) is 0 Å². The molecule has 76 valence electrons. The fourth-order valence-electron chi connectivity index (χ4n) is 1.53. The normalized spacial score (nSPS) is 19.7. The number of carbonyl (C=O) groups excluding carboxylic acids is 1. The summed E-state index contributed by atoms with van der Waals surface area (Å²) in [5, 5.41) is 3.00. The van der Waals surface area contributed by atoms with Crippen LogP contribution in [0.1, 0.15) is 27.2 Å². The Morgan fingerprint density at radius 3 is 2.38 bits per heavy atom. The first kappa shape index (κ1) is 10.5. The smallest absolute Gasteiger partial charge is 0.217 e. The fraction of sp³-hybridized carbons (Fsp3) is 0.900. The lowest BCUT2D eigenvalue weighted by Crippen LogP contribution is -2.50. The van der Waals surface area contributed by atoms with E-state index in [4.69, 9.17) is 0 Å². The number of likely N-dealkylation sites (tertiary alicyclic amines) is 1.